The molecule has 1 aliphatic heterocycles. The molecule has 0 saturated heterocycles. The van der Waals surface area contributed by atoms with E-state index in [-0.39, 0.29) is 0 Å². The van der Waals surface area contributed by atoms with Crippen molar-refractivity contribution >= 4 is 11.8 Å². The van der Waals surface area contributed by atoms with E-state index >= 15 is 0 Å². The standard InChI is InChI=1S/C20H21N5O/c1-26-18-9-5-4-7-16(18)12-21-20-23-19(13-22-24-20)25-11-10-15-6-2-3-8-17(15)14-25/h2-9,13H,10-12,14H2,1H3,(H,21,23,24). The minimum Gasteiger partial charge on any atom is -0.496 e. The fraction of sp³-hybridized carbons (Fsp3) is 0.250. The Labute approximate surface area is 152 Å². The van der Waals surface area contributed by atoms with Crippen molar-refractivity contribution in [2.24, 2.45) is 0 Å². The number of hydrogen-bond donors (Lipinski definition) is 1. The van der Waals surface area contributed by atoms with Crippen molar-refractivity contribution in [1.29, 1.82) is 0 Å². The molecule has 1 aromatic heterocycles. The van der Waals surface area contributed by atoms with Gasteiger partial charge >= 0.3 is 0 Å². The third-order valence-electron chi connectivity index (χ3n) is 4.63. The lowest BCUT2D eigenvalue weighted by Gasteiger charge is -2.29. The maximum atomic E-state index is 5.38. The second kappa shape index (κ2) is 7.39. The van der Waals surface area contributed by atoms with E-state index in [9.17, 15) is 0 Å². The number of para-hydroxylation sites is 1. The van der Waals surface area contributed by atoms with Crippen LogP contribution in [0.2, 0.25) is 0 Å². The molecule has 0 unspecified atom stereocenters. The van der Waals surface area contributed by atoms with E-state index in [1.54, 1.807) is 13.3 Å². The molecule has 4 rings (SSSR count). The first-order valence-electron chi connectivity index (χ1n) is 8.71. The Morgan fingerprint density at radius 3 is 2.77 bits per heavy atom. The average Bonchev–Trinajstić information content (AvgIpc) is 2.72. The van der Waals surface area contributed by atoms with Gasteiger partial charge < -0.3 is 15.0 Å². The first-order valence-corrected chi connectivity index (χ1v) is 8.71. The van der Waals surface area contributed by atoms with Gasteiger partial charge in [0.25, 0.3) is 0 Å². The molecule has 132 valence electrons. The summed E-state index contributed by atoms with van der Waals surface area (Å²) in [7, 11) is 1.67. The second-order valence-corrected chi connectivity index (χ2v) is 6.24. The molecule has 0 bridgehead atoms. The normalized spacial score (nSPS) is 13.2. The van der Waals surface area contributed by atoms with Gasteiger partial charge in [0, 0.05) is 25.2 Å². The highest BCUT2D eigenvalue weighted by Crippen LogP contribution is 2.23. The number of ether oxygens (including phenoxy) is 1. The largest absolute Gasteiger partial charge is 0.496 e. The number of anilines is 2. The van der Waals surface area contributed by atoms with Crippen LogP contribution in [0.3, 0.4) is 0 Å². The highest BCUT2D eigenvalue weighted by Gasteiger charge is 2.17. The summed E-state index contributed by atoms with van der Waals surface area (Å²) in [5.41, 5.74) is 3.82. The van der Waals surface area contributed by atoms with Crippen LogP contribution in [0.25, 0.3) is 0 Å². The Hall–Kier alpha value is -3.15. The topological polar surface area (TPSA) is 63.2 Å². The van der Waals surface area contributed by atoms with Crippen LogP contribution < -0.4 is 15.0 Å². The summed E-state index contributed by atoms with van der Waals surface area (Å²) in [5, 5.41) is 11.5. The van der Waals surface area contributed by atoms with E-state index in [0.717, 1.165) is 36.6 Å². The van der Waals surface area contributed by atoms with E-state index in [2.05, 4.69) is 49.7 Å². The van der Waals surface area contributed by atoms with Gasteiger partial charge in [-0.25, -0.2) is 0 Å². The number of hydrogen-bond acceptors (Lipinski definition) is 6. The number of benzene rings is 2. The van der Waals surface area contributed by atoms with Gasteiger partial charge in [0.2, 0.25) is 5.95 Å². The predicted octanol–water partition coefficient (Wildman–Crippen LogP) is 3.06. The van der Waals surface area contributed by atoms with Crippen LogP contribution >= 0.6 is 0 Å². The van der Waals surface area contributed by atoms with E-state index < -0.39 is 0 Å². The van der Waals surface area contributed by atoms with Crippen molar-refractivity contribution in [3.8, 4) is 5.75 Å². The van der Waals surface area contributed by atoms with Crippen molar-refractivity contribution in [1.82, 2.24) is 15.2 Å². The van der Waals surface area contributed by atoms with E-state index in [0.29, 0.717) is 12.5 Å². The highest BCUT2D eigenvalue weighted by molar-refractivity contribution is 5.45. The number of methoxy groups -OCH3 is 1. The van der Waals surface area contributed by atoms with Crippen LogP contribution in [0, 0.1) is 0 Å². The van der Waals surface area contributed by atoms with E-state index in [4.69, 9.17) is 4.74 Å². The summed E-state index contributed by atoms with van der Waals surface area (Å²) < 4.78 is 5.38. The molecule has 0 aliphatic carbocycles. The number of aromatic nitrogens is 3. The Bertz CT molecular complexity index is 899. The van der Waals surface area contributed by atoms with Gasteiger partial charge in [-0.1, -0.05) is 42.5 Å². The number of fused-ring (bicyclic) bond motifs is 1. The van der Waals surface area contributed by atoms with E-state index in [1.165, 1.54) is 11.1 Å². The zero-order valence-corrected chi connectivity index (χ0v) is 14.7. The van der Waals surface area contributed by atoms with Crippen LogP contribution in [0.5, 0.6) is 5.75 Å². The third kappa shape index (κ3) is 3.44. The molecule has 0 saturated carbocycles. The molecule has 0 atom stereocenters. The van der Waals surface area contributed by atoms with Crippen LogP contribution in [0.1, 0.15) is 16.7 Å². The van der Waals surface area contributed by atoms with Crippen LogP contribution in [-0.2, 0) is 19.5 Å². The molecule has 1 N–H and O–H groups in total. The molecule has 6 nitrogen and oxygen atoms in total. The quantitative estimate of drug-likeness (QED) is 0.765. The van der Waals surface area contributed by atoms with Gasteiger partial charge in [-0.2, -0.15) is 10.1 Å². The Balaban J connectivity index is 1.47. The molecule has 6 heteroatoms. The Morgan fingerprint density at radius 1 is 1.08 bits per heavy atom. The summed E-state index contributed by atoms with van der Waals surface area (Å²) in [6.07, 6.45) is 2.74. The van der Waals surface area contributed by atoms with Gasteiger partial charge in [-0.05, 0) is 23.6 Å². The molecule has 0 amide bonds. The predicted molar refractivity (Wildman–Crippen MR) is 101 cm³/mol. The molecule has 1 aliphatic rings. The lowest BCUT2D eigenvalue weighted by atomic mass is 10.0. The fourth-order valence-corrected chi connectivity index (χ4v) is 3.24. The summed E-state index contributed by atoms with van der Waals surface area (Å²) in [5.74, 6) is 2.21. The molecule has 0 radical (unpaired) electrons. The molecule has 2 heterocycles. The van der Waals surface area contributed by atoms with Crippen molar-refractivity contribution in [3.63, 3.8) is 0 Å². The molecule has 0 fully saturated rings. The third-order valence-corrected chi connectivity index (χ3v) is 4.63. The molecular formula is C20H21N5O. The van der Waals surface area contributed by atoms with Gasteiger partial charge in [-0.15, -0.1) is 5.10 Å². The average molecular weight is 347 g/mol. The summed E-state index contributed by atoms with van der Waals surface area (Å²) in [6.45, 7) is 2.36. The minimum atomic E-state index is 0.521. The van der Waals surface area contributed by atoms with Gasteiger partial charge in [0.15, 0.2) is 5.82 Å². The maximum absolute atomic E-state index is 5.38. The smallest absolute Gasteiger partial charge is 0.244 e. The van der Waals surface area contributed by atoms with Crippen LogP contribution in [-0.4, -0.2) is 28.8 Å². The lowest BCUT2D eigenvalue weighted by Crippen LogP contribution is -2.31. The Morgan fingerprint density at radius 2 is 1.88 bits per heavy atom. The minimum absolute atomic E-state index is 0.521. The molecule has 26 heavy (non-hydrogen) atoms. The number of rotatable bonds is 5. The van der Waals surface area contributed by atoms with Crippen molar-refractivity contribution in [2.45, 2.75) is 19.5 Å². The summed E-state index contributed by atoms with van der Waals surface area (Å²) in [4.78, 5) is 6.88. The first kappa shape index (κ1) is 16.3. The van der Waals surface area contributed by atoms with Crippen molar-refractivity contribution < 1.29 is 4.74 Å². The zero-order chi connectivity index (χ0) is 17.8. The second-order valence-electron chi connectivity index (χ2n) is 6.24. The molecular weight excluding hydrogens is 326 g/mol. The van der Waals surface area contributed by atoms with Gasteiger partial charge in [-0.3, -0.25) is 0 Å². The van der Waals surface area contributed by atoms with Gasteiger partial charge in [0.1, 0.15) is 5.75 Å². The highest BCUT2D eigenvalue weighted by atomic mass is 16.5. The van der Waals surface area contributed by atoms with Crippen molar-refractivity contribution in [3.05, 3.63) is 71.4 Å². The Kier molecular flexibility index (Phi) is 4.64. The van der Waals surface area contributed by atoms with Crippen molar-refractivity contribution in [2.75, 3.05) is 23.9 Å². The van der Waals surface area contributed by atoms with Crippen LogP contribution in [0.15, 0.2) is 54.7 Å². The fourth-order valence-electron chi connectivity index (χ4n) is 3.24. The summed E-state index contributed by atoms with van der Waals surface area (Å²) >= 11 is 0. The lowest BCUT2D eigenvalue weighted by molar-refractivity contribution is 0.410. The molecule has 0 spiro atoms. The van der Waals surface area contributed by atoms with Gasteiger partial charge in [0.05, 0.1) is 13.3 Å². The van der Waals surface area contributed by atoms with Crippen LogP contribution in [0.4, 0.5) is 11.8 Å². The van der Waals surface area contributed by atoms with E-state index in [1.807, 2.05) is 24.3 Å². The maximum Gasteiger partial charge on any atom is 0.244 e. The summed E-state index contributed by atoms with van der Waals surface area (Å²) in [6, 6.07) is 16.5. The molecule has 2 aromatic carbocycles. The number of nitrogens with zero attached hydrogens (tertiary/aromatic N) is 4. The SMILES string of the molecule is COc1ccccc1CNc1nncc(N2CCc3ccccc3C2)n1. The first-order chi connectivity index (χ1) is 12.8. The molecule has 3 aromatic rings. The monoisotopic (exact) mass is 347 g/mol. The number of nitrogens with one attached hydrogen (secondary N) is 1. The zero-order valence-electron chi connectivity index (χ0n) is 14.7.